The van der Waals surface area contributed by atoms with Crippen LogP contribution < -0.4 is 0 Å². The van der Waals surface area contributed by atoms with Crippen LogP contribution in [-0.2, 0) is 4.79 Å². The molecule has 3 rings (SSSR count). The smallest absolute Gasteiger partial charge is 0.325 e. The van der Waals surface area contributed by atoms with Gasteiger partial charge < -0.3 is 9.52 Å². The predicted molar refractivity (Wildman–Crippen MR) is 91.7 cm³/mol. The molecule has 0 bridgehead atoms. The number of aliphatic carboxylic acids is 1. The highest BCUT2D eigenvalue weighted by atomic mass is 35.5. The zero-order chi connectivity index (χ0) is 16.4. The second-order valence-corrected chi connectivity index (χ2v) is 5.74. The van der Waals surface area contributed by atoms with Gasteiger partial charge >= 0.3 is 5.97 Å². The molecule has 0 fully saturated rings. The topological polar surface area (TPSA) is 63.3 Å². The fourth-order valence-electron chi connectivity index (χ4n) is 2.18. The number of carbonyl (C=O) groups is 1. The molecule has 0 aliphatic rings. The minimum atomic E-state index is -1.14. The van der Waals surface area contributed by atoms with E-state index in [4.69, 9.17) is 21.1 Å². The van der Waals surface area contributed by atoms with Crippen LogP contribution in [0.2, 0.25) is 5.02 Å². The van der Waals surface area contributed by atoms with E-state index in [2.05, 4.69) is 17.6 Å². The standard InChI is InChI=1S/C17H12ClNO3S/c18-12-9-5-4-8-11(12)13-14(10-6-2-1-3-7-10)22-16(19-13)15(23)17(20)21/h1-9,15,23H,(H,20,21). The zero-order valence-corrected chi connectivity index (χ0v) is 13.5. The van der Waals surface area contributed by atoms with E-state index in [9.17, 15) is 4.79 Å². The summed E-state index contributed by atoms with van der Waals surface area (Å²) in [6.45, 7) is 0. The van der Waals surface area contributed by atoms with Gasteiger partial charge in [-0.15, -0.1) is 0 Å². The zero-order valence-electron chi connectivity index (χ0n) is 11.8. The van der Waals surface area contributed by atoms with E-state index in [0.717, 1.165) is 5.56 Å². The van der Waals surface area contributed by atoms with Crippen LogP contribution in [0.3, 0.4) is 0 Å². The number of aromatic nitrogens is 1. The Labute approximate surface area is 143 Å². The SMILES string of the molecule is O=C(O)C(S)c1nc(-c2ccccc2Cl)c(-c2ccccc2)o1. The summed E-state index contributed by atoms with van der Waals surface area (Å²) >= 11 is 10.3. The summed E-state index contributed by atoms with van der Waals surface area (Å²) in [6.07, 6.45) is 0. The monoisotopic (exact) mass is 345 g/mol. The lowest BCUT2D eigenvalue weighted by molar-refractivity contribution is -0.136. The molecule has 1 heterocycles. The Morgan fingerprint density at radius 3 is 2.43 bits per heavy atom. The first-order valence-electron chi connectivity index (χ1n) is 6.80. The van der Waals surface area contributed by atoms with E-state index < -0.39 is 11.2 Å². The molecule has 116 valence electrons. The van der Waals surface area contributed by atoms with Crippen LogP contribution >= 0.6 is 24.2 Å². The van der Waals surface area contributed by atoms with E-state index in [0.29, 0.717) is 22.0 Å². The highest BCUT2D eigenvalue weighted by Gasteiger charge is 2.25. The lowest BCUT2D eigenvalue weighted by Crippen LogP contribution is -2.05. The number of hydrogen-bond donors (Lipinski definition) is 2. The quantitative estimate of drug-likeness (QED) is 0.672. The van der Waals surface area contributed by atoms with E-state index in [1.807, 2.05) is 48.5 Å². The third kappa shape index (κ3) is 3.11. The van der Waals surface area contributed by atoms with Crippen molar-refractivity contribution in [2.24, 2.45) is 0 Å². The van der Waals surface area contributed by atoms with Gasteiger partial charge in [-0.05, 0) is 6.07 Å². The fraction of sp³-hybridized carbons (Fsp3) is 0.0588. The Morgan fingerprint density at radius 1 is 1.13 bits per heavy atom. The van der Waals surface area contributed by atoms with Gasteiger partial charge in [-0.1, -0.05) is 60.1 Å². The van der Waals surface area contributed by atoms with Crippen LogP contribution in [0.15, 0.2) is 59.0 Å². The minimum Gasteiger partial charge on any atom is -0.480 e. The molecule has 3 aromatic rings. The third-order valence-corrected chi connectivity index (χ3v) is 4.05. The maximum atomic E-state index is 11.2. The number of rotatable bonds is 4. The summed E-state index contributed by atoms with van der Waals surface area (Å²) in [4.78, 5) is 15.5. The molecule has 1 aromatic heterocycles. The number of halogens is 1. The number of carboxylic acid groups (broad SMARTS) is 1. The number of nitrogens with zero attached hydrogens (tertiary/aromatic N) is 1. The normalized spacial score (nSPS) is 12.1. The summed E-state index contributed by atoms with van der Waals surface area (Å²) in [6, 6.07) is 16.5. The minimum absolute atomic E-state index is 0.0228. The molecule has 1 unspecified atom stereocenters. The fourth-order valence-corrected chi connectivity index (χ4v) is 2.52. The average molecular weight is 346 g/mol. The summed E-state index contributed by atoms with van der Waals surface area (Å²) in [5.41, 5.74) is 1.96. The predicted octanol–water partition coefficient (Wildman–Crippen LogP) is 4.72. The van der Waals surface area contributed by atoms with Gasteiger partial charge in [0.05, 0.1) is 5.02 Å². The second kappa shape index (κ2) is 6.48. The van der Waals surface area contributed by atoms with Gasteiger partial charge in [0.2, 0.25) is 5.89 Å². The lowest BCUT2D eigenvalue weighted by atomic mass is 10.1. The van der Waals surface area contributed by atoms with Crippen molar-refractivity contribution in [3.8, 4) is 22.6 Å². The molecule has 23 heavy (non-hydrogen) atoms. The molecule has 0 saturated carbocycles. The first-order chi connectivity index (χ1) is 11.1. The maximum absolute atomic E-state index is 11.2. The van der Waals surface area contributed by atoms with Crippen molar-refractivity contribution >= 4 is 30.2 Å². The number of thiol groups is 1. The van der Waals surface area contributed by atoms with E-state index in [1.165, 1.54) is 0 Å². The Kier molecular flexibility index (Phi) is 4.41. The van der Waals surface area contributed by atoms with Gasteiger partial charge in [-0.3, -0.25) is 4.79 Å². The highest BCUT2D eigenvalue weighted by Crippen LogP contribution is 2.38. The summed E-state index contributed by atoms with van der Waals surface area (Å²) in [5.74, 6) is -0.636. The molecule has 0 aliphatic heterocycles. The summed E-state index contributed by atoms with van der Waals surface area (Å²) in [7, 11) is 0. The van der Waals surface area contributed by atoms with Gasteiger partial charge in [-0.25, -0.2) is 4.98 Å². The highest BCUT2D eigenvalue weighted by molar-refractivity contribution is 7.81. The average Bonchev–Trinajstić information content (AvgIpc) is 3.00. The number of benzene rings is 2. The molecular formula is C17H12ClNO3S. The van der Waals surface area contributed by atoms with Crippen molar-refractivity contribution in [2.45, 2.75) is 5.25 Å². The van der Waals surface area contributed by atoms with Gasteiger partial charge in [0, 0.05) is 11.1 Å². The van der Waals surface area contributed by atoms with Crippen LogP contribution in [-0.4, -0.2) is 16.1 Å². The van der Waals surface area contributed by atoms with Gasteiger partial charge in [0.25, 0.3) is 0 Å². The summed E-state index contributed by atoms with van der Waals surface area (Å²) in [5, 5.41) is 8.49. The van der Waals surface area contributed by atoms with Gasteiger partial charge in [0.15, 0.2) is 11.0 Å². The third-order valence-electron chi connectivity index (χ3n) is 3.28. The molecule has 1 N–H and O–H groups in total. The first kappa shape index (κ1) is 15.6. The Morgan fingerprint density at radius 2 is 1.78 bits per heavy atom. The molecule has 0 saturated heterocycles. The van der Waals surface area contributed by atoms with E-state index in [-0.39, 0.29) is 5.89 Å². The van der Waals surface area contributed by atoms with Crippen LogP contribution in [0.5, 0.6) is 0 Å². The number of hydrogen-bond acceptors (Lipinski definition) is 4. The van der Waals surface area contributed by atoms with Gasteiger partial charge in [-0.2, -0.15) is 12.6 Å². The molecule has 0 spiro atoms. The molecule has 6 heteroatoms. The van der Waals surface area contributed by atoms with Gasteiger partial charge in [0.1, 0.15) is 5.69 Å². The molecular weight excluding hydrogens is 334 g/mol. The van der Waals surface area contributed by atoms with E-state index in [1.54, 1.807) is 6.07 Å². The maximum Gasteiger partial charge on any atom is 0.325 e. The lowest BCUT2D eigenvalue weighted by Gasteiger charge is -2.03. The van der Waals surface area contributed by atoms with Crippen LogP contribution in [0.4, 0.5) is 0 Å². The van der Waals surface area contributed by atoms with Crippen LogP contribution in [0, 0.1) is 0 Å². The molecule has 0 amide bonds. The second-order valence-electron chi connectivity index (χ2n) is 4.82. The number of carboxylic acids is 1. The Balaban J connectivity index is 2.21. The van der Waals surface area contributed by atoms with Crippen molar-refractivity contribution in [1.82, 2.24) is 4.98 Å². The number of oxazole rings is 1. The summed E-state index contributed by atoms with van der Waals surface area (Å²) < 4.78 is 5.71. The molecule has 2 aromatic carbocycles. The van der Waals surface area contributed by atoms with Crippen LogP contribution in [0.1, 0.15) is 11.1 Å². The van der Waals surface area contributed by atoms with Crippen LogP contribution in [0.25, 0.3) is 22.6 Å². The Bertz CT molecular complexity index is 848. The van der Waals surface area contributed by atoms with Crippen molar-refractivity contribution in [3.05, 3.63) is 65.5 Å². The molecule has 4 nitrogen and oxygen atoms in total. The first-order valence-corrected chi connectivity index (χ1v) is 7.69. The van der Waals surface area contributed by atoms with Crippen molar-refractivity contribution in [2.75, 3.05) is 0 Å². The Hall–Kier alpha value is -2.24. The molecule has 0 aliphatic carbocycles. The molecule has 1 atom stereocenters. The van der Waals surface area contributed by atoms with Crippen molar-refractivity contribution < 1.29 is 14.3 Å². The van der Waals surface area contributed by atoms with Crippen molar-refractivity contribution in [3.63, 3.8) is 0 Å². The largest absolute Gasteiger partial charge is 0.480 e. The molecule has 0 radical (unpaired) electrons. The van der Waals surface area contributed by atoms with E-state index >= 15 is 0 Å². The van der Waals surface area contributed by atoms with Crippen molar-refractivity contribution in [1.29, 1.82) is 0 Å².